The van der Waals surface area contributed by atoms with Crippen LogP contribution in [-0.2, 0) is 17.9 Å². The van der Waals surface area contributed by atoms with Crippen molar-refractivity contribution in [3.8, 4) is 5.75 Å². The number of thioether (sulfide) groups is 1. The highest BCUT2D eigenvalue weighted by Gasteiger charge is 2.10. The van der Waals surface area contributed by atoms with Gasteiger partial charge in [-0.3, -0.25) is 4.79 Å². The molecule has 0 aliphatic carbocycles. The summed E-state index contributed by atoms with van der Waals surface area (Å²) in [5.74, 6) is 0.997. The van der Waals surface area contributed by atoms with Gasteiger partial charge in [-0.2, -0.15) is 0 Å². The zero-order chi connectivity index (χ0) is 19.1. The smallest absolute Gasteiger partial charge is 0.277 e. The molecule has 0 aliphatic rings. The van der Waals surface area contributed by atoms with Gasteiger partial charge >= 0.3 is 0 Å². The molecule has 0 radical (unpaired) electrons. The molecule has 27 heavy (non-hydrogen) atoms. The average molecular weight is 424 g/mol. The molecule has 0 unspecified atom stereocenters. The Bertz CT molecular complexity index is 903. The zero-order valence-electron chi connectivity index (χ0n) is 14.0. The van der Waals surface area contributed by atoms with Gasteiger partial charge in [-0.05, 0) is 42.0 Å². The van der Waals surface area contributed by atoms with Gasteiger partial charge in [-0.25, -0.2) is 0 Å². The maximum atomic E-state index is 11.9. The van der Waals surface area contributed by atoms with Crippen LogP contribution >= 0.6 is 35.0 Å². The molecule has 0 saturated carbocycles. The molecule has 0 fully saturated rings. The van der Waals surface area contributed by atoms with Crippen LogP contribution in [-0.4, -0.2) is 21.9 Å². The number of nitrogens with one attached hydrogen (secondary N) is 1. The summed E-state index contributed by atoms with van der Waals surface area (Å²) in [6.45, 7) is 0.542. The van der Waals surface area contributed by atoms with E-state index < -0.39 is 0 Å². The van der Waals surface area contributed by atoms with Gasteiger partial charge in [0.05, 0.1) is 5.75 Å². The van der Waals surface area contributed by atoms with E-state index in [1.807, 2.05) is 12.1 Å². The number of hydrogen-bond donors (Lipinski definition) is 1. The molecule has 2 aromatic carbocycles. The SMILES string of the molecule is O=C(CSc1nnc(COc2ccc(Cl)cc2)o1)NCc1cccc(Cl)c1. The van der Waals surface area contributed by atoms with Crippen LogP contribution in [0, 0.1) is 0 Å². The van der Waals surface area contributed by atoms with Crippen LogP contribution in [0.2, 0.25) is 10.0 Å². The second-order valence-corrected chi connectivity index (χ2v) is 7.20. The molecule has 0 saturated heterocycles. The van der Waals surface area contributed by atoms with Gasteiger partial charge < -0.3 is 14.5 Å². The molecule has 0 spiro atoms. The Balaban J connectivity index is 1.40. The topological polar surface area (TPSA) is 77.2 Å². The highest BCUT2D eigenvalue weighted by molar-refractivity contribution is 7.99. The normalized spacial score (nSPS) is 10.6. The number of nitrogens with zero attached hydrogens (tertiary/aromatic N) is 2. The number of halogens is 2. The van der Waals surface area contributed by atoms with E-state index in [2.05, 4.69) is 15.5 Å². The van der Waals surface area contributed by atoms with Crippen molar-refractivity contribution in [2.45, 2.75) is 18.4 Å². The van der Waals surface area contributed by atoms with E-state index in [0.717, 1.165) is 17.3 Å². The van der Waals surface area contributed by atoms with E-state index in [0.29, 0.717) is 33.5 Å². The number of aromatic nitrogens is 2. The number of carbonyl (C=O) groups excluding carboxylic acids is 1. The highest BCUT2D eigenvalue weighted by atomic mass is 35.5. The van der Waals surface area contributed by atoms with Crippen LogP contribution in [0.5, 0.6) is 5.75 Å². The summed E-state index contributed by atoms with van der Waals surface area (Å²) in [6.07, 6.45) is 0. The Morgan fingerprint density at radius 2 is 1.93 bits per heavy atom. The summed E-state index contributed by atoms with van der Waals surface area (Å²) in [6, 6.07) is 14.3. The molecule has 1 heterocycles. The number of amides is 1. The fourth-order valence-electron chi connectivity index (χ4n) is 2.06. The summed E-state index contributed by atoms with van der Waals surface area (Å²) in [5.41, 5.74) is 0.931. The number of carbonyl (C=O) groups is 1. The maximum absolute atomic E-state index is 11.9. The Kier molecular flexibility index (Phi) is 6.98. The number of benzene rings is 2. The third-order valence-corrected chi connectivity index (χ3v) is 4.64. The van der Waals surface area contributed by atoms with Crippen molar-refractivity contribution in [1.82, 2.24) is 15.5 Å². The summed E-state index contributed by atoms with van der Waals surface area (Å²) < 4.78 is 11.0. The molecule has 140 valence electrons. The predicted molar refractivity (Wildman–Crippen MR) is 104 cm³/mol. The third-order valence-electron chi connectivity index (χ3n) is 3.33. The lowest BCUT2D eigenvalue weighted by molar-refractivity contribution is -0.118. The molecule has 1 amide bonds. The van der Waals surface area contributed by atoms with E-state index in [1.165, 1.54) is 0 Å². The van der Waals surface area contributed by atoms with Crippen molar-refractivity contribution in [3.05, 3.63) is 70.0 Å². The molecule has 1 aromatic heterocycles. The van der Waals surface area contributed by atoms with E-state index in [4.69, 9.17) is 32.4 Å². The summed E-state index contributed by atoms with van der Waals surface area (Å²) in [5, 5.41) is 12.2. The highest BCUT2D eigenvalue weighted by Crippen LogP contribution is 2.19. The van der Waals surface area contributed by atoms with Crippen LogP contribution in [0.4, 0.5) is 0 Å². The van der Waals surface area contributed by atoms with Gasteiger partial charge in [0, 0.05) is 16.6 Å². The summed E-state index contributed by atoms with van der Waals surface area (Å²) in [7, 11) is 0. The first-order valence-electron chi connectivity index (χ1n) is 7.93. The summed E-state index contributed by atoms with van der Waals surface area (Å²) >= 11 is 12.9. The van der Waals surface area contributed by atoms with Crippen molar-refractivity contribution in [1.29, 1.82) is 0 Å². The number of rotatable bonds is 8. The Labute approximate surface area is 170 Å². The van der Waals surface area contributed by atoms with E-state index >= 15 is 0 Å². The lowest BCUT2D eigenvalue weighted by Gasteiger charge is -2.04. The molecule has 0 bridgehead atoms. The van der Waals surface area contributed by atoms with Gasteiger partial charge in [0.25, 0.3) is 11.1 Å². The van der Waals surface area contributed by atoms with Gasteiger partial charge in [0.1, 0.15) is 5.75 Å². The predicted octanol–water partition coefficient (Wildman–Crippen LogP) is 4.36. The molecule has 3 rings (SSSR count). The molecule has 1 N–H and O–H groups in total. The molecule has 0 atom stereocenters. The van der Waals surface area contributed by atoms with Gasteiger partial charge in [0.15, 0.2) is 6.61 Å². The zero-order valence-corrected chi connectivity index (χ0v) is 16.4. The lowest BCUT2D eigenvalue weighted by Crippen LogP contribution is -2.24. The molecular weight excluding hydrogens is 409 g/mol. The van der Waals surface area contributed by atoms with Gasteiger partial charge in [0.2, 0.25) is 5.91 Å². The van der Waals surface area contributed by atoms with Crippen molar-refractivity contribution < 1.29 is 13.9 Å². The maximum Gasteiger partial charge on any atom is 0.277 e. The fourth-order valence-corrected chi connectivity index (χ4v) is 3.01. The van der Waals surface area contributed by atoms with Crippen molar-refractivity contribution in [3.63, 3.8) is 0 Å². The first kappa shape index (κ1) is 19.5. The number of hydrogen-bond acceptors (Lipinski definition) is 6. The molecule has 0 aliphatic heterocycles. The third kappa shape index (κ3) is 6.46. The minimum atomic E-state index is -0.142. The molecule has 3 aromatic rings. The number of ether oxygens (including phenoxy) is 1. The van der Waals surface area contributed by atoms with E-state index in [9.17, 15) is 4.79 Å². The quantitative estimate of drug-likeness (QED) is 0.542. The van der Waals surface area contributed by atoms with Gasteiger partial charge in [-0.15, -0.1) is 10.2 Å². The van der Waals surface area contributed by atoms with Crippen molar-refractivity contribution in [2.75, 3.05) is 5.75 Å². The first-order chi connectivity index (χ1) is 13.1. The van der Waals surface area contributed by atoms with Crippen LogP contribution in [0.25, 0.3) is 0 Å². The Morgan fingerprint density at radius 1 is 1.11 bits per heavy atom. The van der Waals surface area contributed by atoms with Crippen LogP contribution in [0.1, 0.15) is 11.5 Å². The van der Waals surface area contributed by atoms with Gasteiger partial charge in [-0.1, -0.05) is 47.1 Å². The molecule has 6 nitrogen and oxygen atoms in total. The first-order valence-corrected chi connectivity index (χ1v) is 9.67. The second kappa shape index (κ2) is 9.64. The standard InChI is InChI=1S/C18H15Cl2N3O3S/c19-13-4-6-15(7-5-13)25-10-17-22-23-18(26-17)27-11-16(24)21-9-12-2-1-3-14(20)8-12/h1-8H,9-11H2,(H,21,24). The second-order valence-electron chi connectivity index (χ2n) is 5.40. The van der Waals surface area contributed by atoms with Crippen molar-refractivity contribution in [2.24, 2.45) is 0 Å². The Hall–Kier alpha value is -2.22. The minimum Gasteiger partial charge on any atom is -0.484 e. The fraction of sp³-hybridized carbons (Fsp3) is 0.167. The van der Waals surface area contributed by atoms with Crippen LogP contribution in [0.15, 0.2) is 58.2 Å². The van der Waals surface area contributed by atoms with Crippen LogP contribution in [0.3, 0.4) is 0 Å². The van der Waals surface area contributed by atoms with E-state index in [1.54, 1.807) is 36.4 Å². The monoisotopic (exact) mass is 423 g/mol. The summed E-state index contributed by atoms with van der Waals surface area (Å²) in [4.78, 5) is 11.9. The van der Waals surface area contributed by atoms with Crippen molar-refractivity contribution >= 4 is 40.9 Å². The Morgan fingerprint density at radius 3 is 2.70 bits per heavy atom. The van der Waals surface area contributed by atoms with E-state index in [-0.39, 0.29) is 18.3 Å². The molecule has 9 heteroatoms. The largest absolute Gasteiger partial charge is 0.484 e. The van der Waals surface area contributed by atoms with Crippen LogP contribution < -0.4 is 10.1 Å². The lowest BCUT2D eigenvalue weighted by atomic mass is 10.2. The average Bonchev–Trinajstić information content (AvgIpc) is 3.12. The minimum absolute atomic E-state index is 0.135. The molecular formula is C18H15Cl2N3O3S.